The molecule has 0 aromatic heterocycles. The minimum Gasteiger partial charge on any atom is -0.299 e. The highest BCUT2D eigenvalue weighted by molar-refractivity contribution is 6.30. The van der Waals surface area contributed by atoms with Crippen LogP contribution in [0.25, 0.3) is 0 Å². The van der Waals surface area contributed by atoms with Gasteiger partial charge in [-0.1, -0.05) is 61.0 Å². The highest BCUT2D eigenvalue weighted by Crippen LogP contribution is 2.68. The summed E-state index contributed by atoms with van der Waals surface area (Å²) in [6.07, 6.45) is 13.0. The smallest absolute Gasteiger partial charge is 0.0406 e. The molecule has 4 bridgehead atoms. The Hall–Kier alpha value is -1.31. The fourth-order valence-corrected chi connectivity index (χ4v) is 9.15. The van der Waals surface area contributed by atoms with Crippen molar-refractivity contribution in [2.75, 3.05) is 13.1 Å². The topological polar surface area (TPSA) is 3.24 Å². The summed E-state index contributed by atoms with van der Waals surface area (Å²) in [5.74, 6) is 3.70. The van der Waals surface area contributed by atoms with Gasteiger partial charge in [-0.2, -0.15) is 0 Å². The predicted molar refractivity (Wildman–Crippen MR) is 138 cm³/mol. The van der Waals surface area contributed by atoms with Crippen LogP contribution in [0.5, 0.6) is 0 Å². The number of benzene rings is 2. The van der Waals surface area contributed by atoms with Crippen LogP contribution < -0.4 is 0 Å². The molecule has 176 valence electrons. The van der Waals surface area contributed by atoms with E-state index >= 15 is 0 Å². The van der Waals surface area contributed by atoms with E-state index in [-0.39, 0.29) is 0 Å². The third kappa shape index (κ3) is 4.30. The number of hydrogen-bond acceptors (Lipinski definition) is 1. The normalized spacial score (nSPS) is 35.1. The molecular formula is C31H40ClN. The quantitative estimate of drug-likeness (QED) is 0.419. The maximum absolute atomic E-state index is 6.26. The predicted octanol–water partition coefficient (Wildman–Crippen LogP) is 8.12. The lowest BCUT2D eigenvalue weighted by molar-refractivity contribution is -0.105. The van der Waals surface area contributed by atoms with Gasteiger partial charge in [0.25, 0.3) is 0 Å². The average Bonchev–Trinajstić information content (AvgIpc) is 2.80. The SMILES string of the molecule is CC(CC1CCN(Cc2ccccc2)CC1)C12CC3CC(CC(c4ccc(Cl)cc4)(C3)C1)C2. The van der Waals surface area contributed by atoms with Gasteiger partial charge in [-0.05, 0) is 129 Å². The second-order valence-electron chi connectivity index (χ2n) is 12.5. The number of hydrogen-bond donors (Lipinski definition) is 0. The molecule has 3 unspecified atom stereocenters. The van der Waals surface area contributed by atoms with Crippen molar-refractivity contribution in [3.05, 3.63) is 70.7 Å². The van der Waals surface area contributed by atoms with Crippen molar-refractivity contribution in [2.45, 2.75) is 76.7 Å². The molecular weight excluding hydrogens is 422 g/mol. The van der Waals surface area contributed by atoms with Crippen LogP contribution >= 0.6 is 11.6 Å². The molecule has 0 N–H and O–H groups in total. The number of halogens is 1. The first kappa shape index (κ1) is 22.2. The van der Waals surface area contributed by atoms with Crippen molar-refractivity contribution in [1.82, 2.24) is 4.90 Å². The largest absolute Gasteiger partial charge is 0.299 e. The van der Waals surface area contributed by atoms with E-state index in [1.165, 1.54) is 76.4 Å². The molecule has 1 saturated heterocycles. The number of rotatable bonds is 6. The van der Waals surface area contributed by atoms with Gasteiger partial charge < -0.3 is 0 Å². The van der Waals surface area contributed by atoms with Gasteiger partial charge in [0, 0.05) is 11.6 Å². The molecule has 1 aliphatic heterocycles. The van der Waals surface area contributed by atoms with E-state index in [1.54, 1.807) is 5.56 Å². The third-order valence-corrected chi connectivity index (χ3v) is 10.5. The van der Waals surface area contributed by atoms with E-state index in [0.29, 0.717) is 10.8 Å². The Labute approximate surface area is 205 Å². The van der Waals surface area contributed by atoms with Crippen molar-refractivity contribution in [3.63, 3.8) is 0 Å². The maximum Gasteiger partial charge on any atom is 0.0406 e. The van der Waals surface area contributed by atoms with Crippen LogP contribution in [0.4, 0.5) is 0 Å². The van der Waals surface area contributed by atoms with Crippen LogP contribution in [0.3, 0.4) is 0 Å². The summed E-state index contributed by atoms with van der Waals surface area (Å²) in [4.78, 5) is 2.68. The summed E-state index contributed by atoms with van der Waals surface area (Å²) in [6, 6.07) is 20.0. The standard InChI is InChI=1S/C31H40ClN/c1-23(15-24-11-13-33(14-12-24)21-25-5-3-2-4-6-25)30-17-26-16-27(18-30)20-31(19-26,22-30)28-7-9-29(32)10-8-28/h2-10,23-24,26-27H,11-22H2,1H3. The van der Waals surface area contributed by atoms with Crippen LogP contribution in [0.2, 0.25) is 5.02 Å². The Kier molecular flexibility index (Phi) is 5.86. The Morgan fingerprint density at radius 2 is 1.58 bits per heavy atom. The van der Waals surface area contributed by atoms with Gasteiger partial charge in [0.15, 0.2) is 0 Å². The second kappa shape index (κ2) is 8.72. The van der Waals surface area contributed by atoms with E-state index in [0.717, 1.165) is 35.2 Å². The second-order valence-corrected chi connectivity index (χ2v) is 12.9. The van der Waals surface area contributed by atoms with Crippen LogP contribution in [-0.2, 0) is 12.0 Å². The molecule has 2 aromatic carbocycles. The Bertz CT molecular complexity index is 929. The summed E-state index contributed by atoms with van der Waals surface area (Å²) in [7, 11) is 0. The van der Waals surface area contributed by atoms with Gasteiger partial charge in [0.2, 0.25) is 0 Å². The highest BCUT2D eigenvalue weighted by Gasteiger charge is 2.59. The monoisotopic (exact) mass is 461 g/mol. The lowest BCUT2D eigenvalue weighted by Crippen LogP contribution is -2.56. The first-order chi connectivity index (χ1) is 16.0. The van der Waals surface area contributed by atoms with Crippen molar-refractivity contribution in [3.8, 4) is 0 Å². The highest BCUT2D eigenvalue weighted by atomic mass is 35.5. The van der Waals surface area contributed by atoms with Crippen LogP contribution in [0, 0.1) is 29.1 Å². The maximum atomic E-state index is 6.26. The molecule has 33 heavy (non-hydrogen) atoms. The Morgan fingerprint density at radius 1 is 0.909 bits per heavy atom. The molecule has 5 aliphatic rings. The molecule has 0 radical (unpaired) electrons. The molecule has 5 fully saturated rings. The van der Waals surface area contributed by atoms with Crippen molar-refractivity contribution >= 4 is 11.6 Å². The minimum absolute atomic E-state index is 0.433. The fourth-order valence-electron chi connectivity index (χ4n) is 9.02. The molecule has 1 nitrogen and oxygen atoms in total. The summed E-state index contributed by atoms with van der Waals surface area (Å²) in [5.41, 5.74) is 4.07. The zero-order valence-corrected chi connectivity index (χ0v) is 21.1. The van der Waals surface area contributed by atoms with E-state index in [9.17, 15) is 0 Å². The van der Waals surface area contributed by atoms with Gasteiger partial charge >= 0.3 is 0 Å². The molecule has 7 rings (SSSR count). The van der Waals surface area contributed by atoms with Crippen LogP contribution in [0.15, 0.2) is 54.6 Å². The Balaban J connectivity index is 1.12. The number of piperidine rings is 1. The van der Waals surface area contributed by atoms with E-state index in [2.05, 4.69) is 66.4 Å². The fraction of sp³-hybridized carbons (Fsp3) is 0.613. The van der Waals surface area contributed by atoms with Crippen molar-refractivity contribution < 1.29 is 0 Å². The van der Waals surface area contributed by atoms with Gasteiger partial charge in [-0.25, -0.2) is 0 Å². The van der Waals surface area contributed by atoms with Crippen molar-refractivity contribution in [1.29, 1.82) is 0 Å². The van der Waals surface area contributed by atoms with E-state index in [4.69, 9.17) is 11.6 Å². The third-order valence-electron chi connectivity index (χ3n) is 10.3. The summed E-state index contributed by atoms with van der Waals surface area (Å²) in [5, 5.41) is 0.880. The molecule has 2 heteroatoms. The van der Waals surface area contributed by atoms with E-state index in [1.807, 2.05) is 0 Å². The molecule has 0 amide bonds. The lowest BCUT2D eigenvalue weighted by Gasteiger charge is -2.64. The van der Waals surface area contributed by atoms with E-state index < -0.39 is 0 Å². The van der Waals surface area contributed by atoms with Crippen LogP contribution in [0.1, 0.15) is 75.8 Å². The molecule has 2 aromatic rings. The molecule has 4 aliphatic carbocycles. The molecule has 3 atom stereocenters. The minimum atomic E-state index is 0.433. The van der Waals surface area contributed by atoms with Crippen LogP contribution in [-0.4, -0.2) is 18.0 Å². The first-order valence-electron chi connectivity index (χ1n) is 13.5. The number of nitrogens with zero attached hydrogens (tertiary/aromatic N) is 1. The Morgan fingerprint density at radius 3 is 2.24 bits per heavy atom. The zero-order chi connectivity index (χ0) is 22.5. The van der Waals surface area contributed by atoms with Crippen molar-refractivity contribution in [2.24, 2.45) is 29.1 Å². The summed E-state index contributed by atoms with van der Waals surface area (Å²) in [6.45, 7) is 6.32. The van der Waals surface area contributed by atoms with Gasteiger partial charge in [-0.15, -0.1) is 0 Å². The molecule has 4 saturated carbocycles. The first-order valence-corrected chi connectivity index (χ1v) is 13.9. The molecule has 1 heterocycles. The summed E-state index contributed by atoms with van der Waals surface area (Å²) >= 11 is 6.26. The molecule has 0 spiro atoms. The average molecular weight is 462 g/mol. The van der Waals surface area contributed by atoms with Gasteiger partial charge in [0.1, 0.15) is 0 Å². The van der Waals surface area contributed by atoms with Gasteiger partial charge in [0.05, 0.1) is 0 Å². The van der Waals surface area contributed by atoms with Gasteiger partial charge in [-0.3, -0.25) is 4.90 Å². The summed E-state index contributed by atoms with van der Waals surface area (Å²) < 4.78 is 0. The zero-order valence-electron chi connectivity index (χ0n) is 20.3. The lowest BCUT2D eigenvalue weighted by atomic mass is 9.40. The number of likely N-dealkylation sites (tertiary alicyclic amines) is 1.